The van der Waals surface area contributed by atoms with Crippen LogP contribution in [0.3, 0.4) is 0 Å². The summed E-state index contributed by atoms with van der Waals surface area (Å²) in [5.41, 5.74) is 1.21. The van der Waals surface area contributed by atoms with Crippen molar-refractivity contribution in [2.45, 2.75) is 6.54 Å². The third-order valence-electron chi connectivity index (χ3n) is 4.74. The molecule has 0 aliphatic rings. The molecule has 1 nitrogen and oxygen atoms in total. The molecule has 0 radical (unpaired) electrons. The second-order valence-corrected chi connectivity index (χ2v) is 10.6. The molecule has 0 saturated heterocycles. The fourth-order valence-corrected chi connectivity index (χ4v) is 7.46. The monoisotopic (exact) mass is 445 g/mol. The van der Waals surface area contributed by atoms with Crippen molar-refractivity contribution >= 4 is 38.9 Å². The Balaban J connectivity index is 1.99. The topological polar surface area (TPSA) is 12.4 Å². The van der Waals surface area contributed by atoms with Crippen LogP contribution in [-0.4, -0.2) is 0 Å². The molecular weight excluding hydrogens is 425 g/mol. The molecule has 0 unspecified atom stereocenters. The Kier molecular flexibility index (Phi) is 5.90. The van der Waals surface area contributed by atoms with E-state index in [0.717, 1.165) is 4.47 Å². The van der Waals surface area contributed by atoms with E-state index < -0.39 is 7.05 Å². The summed E-state index contributed by atoms with van der Waals surface area (Å²) < 4.78 is 6.55. The van der Waals surface area contributed by atoms with Gasteiger partial charge in [-0.15, -0.1) is 0 Å². The van der Waals surface area contributed by atoms with E-state index in [-0.39, 0.29) is 0 Å². The van der Waals surface area contributed by atoms with Crippen molar-refractivity contribution < 1.29 is 0 Å². The second-order valence-electron chi connectivity index (χ2n) is 6.57. The van der Waals surface area contributed by atoms with E-state index in [4.69, 9.17) is 4.74 Å². The smallest absolute Gasteiger partial charge is 0.0636 e. The zero-order chi connectivity index (χ0) is 19.2. The van der Waals surface area contributed by atoms with Gasteiger partial charge in [0.2, 0.25) is 0 Å². The summed E-state index contributed by atoms with van der Waals surface area (Å²) >= 11 is 3.58. The fraction of sp³-hybridized carbons (Fsp3) is 0.0400. The lowest BCUT2D eigenvalue weighted by atomic mass is 10.2. The normalized spacial score (nSPS) is 11.2. The van der Waals surface area contributed by atoms with Crippen molar-refractivity contribution in [1.82, 2.24) is 0 Å². The van der Waals surface area contributed by atoms with E-state index >= 15 is 0 Å². The Morgan fingerprint density at radius 3 is 1.46 bits per heavy atom. The molecule has 0 saturated carbocycles. The molecular formula is C25H21BrNP. The largest absolute Gasteiger partial charge is 0.285 e. The van der Waals surface area contributed by atoms with Gasteiger partial charge in [0.25, 0.3) is 0 Å². The highest BCUT2D eigenvalue weighted by atomic mass is 79.9. The molecule has 0 aliphatic heterocycles. The molecule has 0 aliphatic carbocycles. The first-order valence-electron chi connectivity index (χ1n) is 9.28. The molecule has 0 bridgehead atoms. The quantitative estimate of drug-likeness (QED) is 0.327. The van der Waals surface area contributed by atoms with Crippen molar-refractivity contribution in [2.24, 2.45) is 4.74 Å². The fourth-order valence-electron chi connectivity index (χ4n) is 3.45. The molecule has 0 atom stereocenters. The zero-order valence-electron chi connectivity index (χ0n) is 15.4. The van der Waals surface area contributed by atoms with Crippen LogP contribution in [0.1, 0.15) is 5.56 Å². The predicted molar refractivity (Wildman–Crippen MR) is 125 cm³/mol. The average Bonchev–Trinajstić information content (AvgIpc) is 2.77. The van der Waals surface area contributed by atoms with Crippen LogP contribution in [0.2, 0.25) is 0 Å². The van der Waals surface area contributed by atoms with Crippen LogP contribution in [-0.2, 0) is 6.54 Å². The van der Waals surface area contributed by atoms with Gasteiger partial charge in [-0.3, -0.25) is 4.74 Å². The number of hydrogen-bond donors (Lipinski definition) is 0. The molecule has 0 aromatic heterocycles. The van der Waals surface area contributed by atoms with Gasteiger partial charge in [-0.2, -0.15) is 0 Å². The first-order chi connectivity index (χ1) is 13.8. The minimum Gasteiger partial charge on any atom is -0.285 e. The second kappa shape index (κ2) is 8.73. The van der Waals surface area contributed by atoms with Crippen LogP contribution in [0.4, 0.5) is 0 Å². The van der Waals surface area contributed by atoms with E-state index in [2.05, 4.69) is 131 Å². The summed E-state index contributed by atoms with van der Waals surface area (Å²) in [7, 11) is -2.12. The molecule has 3 heteroatoms. The molecule has 0 spiro atoms. The van der Waals surface area contributed by atoms with Crippen LogP contribution < -0.4 is 15.9 Å². The molecule has 0 heterocycles. The zero-order valence-corrected chi connectivity index (χ0v) is 17.9. The van der Waals surface area contributed by atoms with Crippen molar-refractivity contribution in [3.63, 3.8) is 0 Å². The van der Waals surface area contributed by atoms with Gasteiger partial charge in [0.1, 0.15) is 0 Å². The Morgan fingerprint density at radius 2 is 1.04 bits per heavy atom. The number of halogens is 1. The standard InChI is InChI=1S/C25H21BrNP/c26-22-12-10-11-21(19-22)20-27-28(23-13-4-1-5-14-23,24-15-6-2-7-16-24)25-17-8-3-9-18-25/h1-19H,20H2. The Labute approximate surface area is 175 Å². The molecule has 28 heavy (non-hydrogen) atoms. The van der Waals surface area contributed by atoms with E-state index in [0.29, 0.717) is 6.54 Å². The molecule has 0 N–H and O–H groups in total. The highest BCUT2D eigenvalue weighted by Crippen LogP contribution is 2.46. The third-order valence-corrected chi connectivity index (χ3v) is 8.94. The van der Waals surface area contributed by atoms with Crippen LogP contribution >= 0.6 is 23.0 Å². The van der Waals surface area contributed by atoms with Gasteiger partial charge >= 0.3 is 0 Å². The lowest BCUT2D eigenvalue weighted by Crippen LogP contribution is -2.25. The summed E-state index contributed by atoms with van der Waals surface area (Å²) in [4.78, 5) is 0. The highest BCUT2D eigenvalue weighted by molar-refractivity contribution is 9.10. The van der Waals surface area contributed by atoms with Crippen LogP contribution in [0, 0.1) is 0 Å². The number of hydrogen-bond acceptors (Lipinski definition) is 1. The minimum absolute atomic E-state index is 0.673. The molecule has 0 fully saturated rings. The molecule has 0 amide bonds. The van der Waals surface area contributed by atoms with Crippen LogP contribution in [0.15, 0.2) is 124 Å². The van der Waals surface area contributed by atoms with Crippen molar-refractivity contribution in [2.75, 3.05) is 0 Å². The van der Waals surface area contributed by atoms with Crippen molar-refractivity contribution in [1.29, 1.82) is 0 Å². The molecule has 4 aromatic carbocycles. The maximum atomic E-state index is 5.47. The number of benzene rings is 4. The summed E-state index contributed by atoms with van der Waals surface area (Å²) in [5.74, 6) is 0. The Morgan fingerprint density at radius 1 is 0.571 bits per heavy atom. The van der Waals surface area contributed by atoms with Gasteiger partial charge < -0.3 is 0 Å². The summed E-state index contributed by atoms with van der Waals surface area (Å²) in [6.07, 6.45) is 0. The van der Waals surface area contributed by atoms with E-state index in [1.165, 1.54) is 21.5 Å². The predicted octanol–water partition coefficient (Wildman–Crippen LogP) is 6.13. The summed E-state index contributed by atoms with van der Waals surface area (Å²) in [6.45, 7) is 0.673. The molecule has 138 valence electrons. The number of rotatable bonds is 5. The van der Waals surface area contributed by atoms with Crippen LogP contribution in [0.5, 0.6) is 0 Å². The highest BCUT2D eigenvalue weighted by Gasteiger charge is 2.26. The molecule has 4 aromatic rings. The number of nitrogens with zero attached hydrogens (tertiary/aromatic N) is 1. The van der Waals surface area contributed by atoms with Gasteiger partial charge in [0.05, 0.1) is 13.6 Å². The van der Waals surface area contributed by atoms with Gasteiger partial charge in [0, 0.05) is 20.4 Å². The van der Waals surface area contributed by atoms with Crippen LogP contribution in [0.25, 0.3) is 0 Å². The maximum Gasteiger partial charge on any atom is 0.0636 e. The van der Waals surface area contributed by atoms with Gasteiger partial charge in [-0.05, 0) is 17.7 Å². The van der Waals surface area contributed by atoms with Crippen molar-refractivity contribution in [3.05, 3.63) is 125 Å². The maximum absolute atomic E-state index is 5.47. The van der Waals surface area contributed by atoms with E-state index in [9.17, 15) is 0 Å². The summed E-state index contributed by atoms with van der Waals surface area (Å²) in [6, 6.07) is 40.7. The van der Waals surface area contributed by atoms with E-state index in [1.807, 2.05) is 0 Å². The van der Waals surface area contributed by atoms with Gasteiger partial charge in [0.15, 0.2) is 0 Å². The van der Waals surface area contributed by atoms with Gasteiger partial charge in [-0.25, -0.2) is 0 Å². The average molecular weight is 446 g/mol. The van der Waals surface area contributed by atoms with Gasteiger partial charge in [-0.1, -0.05) is 119 Å². The first kappa shape index (κ1) is 18.9. The van der Waals surface area contributed by atoms with Crippen molar-refractivity contribution in [3.8, 4) is 0 Å². The SMILES string of the molecule is Brc1cccc(CN=P(c2ccccc2)(c2ccccc2)c2ccccc2)c1. The minimum atomic E-state index is -2.12. The van der Waals surface area contributed by atoms with E-state index in [1.54, 1.807) is 0 Å². The lowest BCUT2D eigenvalue weighted by molar-refractivity contribution is 1.09. The summed E-state index contributed by atoms with van der Waals surface area (Å²) in [5, 5.41) is 3.84. The Bertz CT molecular complexity index is 990. The lowest BCUT2D eigenvalue weighted by Gasteiger charge is -2.27. The first-order valence-corrected chi connectivity index (χ1v) is 11.8. The Hall–Kier alpha value is -2.41. The third kappa shape index (κ3) is 3.90. The molecule has 4 rings (SSSR count).